The quantitative estimate of drug-likeness (QED) is 0.231. The molecule has 228 valence electrons. The van der Waals surface area contributed by atoms with Crippen molar-refractivity contribution in [3.05, 3.63) is 78.4 Å². The van der Waals surface area contributed by atoms with Crippen molar-refractivity contribution in [3.8, 4) is 5.75 Å². The van der Waals surface area contributed by atoms with Crippen LogP contribution in [-0.2, 0) is 19.2 Å². The molecule has 0 aromatic heterocycles. The molecule has 0 saturated carbocycles. The Morgan fingerprint density at radius 3 is 2.21 bits per heavy atom. The number of hydrogen-bond donors (Lipinski definition) is 3. The summed E-state index contributed by atoms with van der Waals surface area (Å²) >= 11 is 0. The molecule has 0 aliphatic heterocycles. The molecular formula is C33H39N3O7. The summed E-state index contributed by atoms with van der Waals surface area (Å²) in [6, 6.07) is 19.2. The Balaban J connectivity index is 1.70. The number of benzene rings is 3. The molecule has 0 spiro atoms. The zero-order valence-electron chi connectivity index (χ0n) is 24.7. The summed E-state index contributed by atoms with van der Waals surface area (Å²) < 4.78 is 5.44. The number of aliphatic carboxylic acids is 1. The lowest BCUT2D eigenvalue weighted by molar-refractivity contribution is -0.142. The van der Waals surface area contributed by atoms with Crippen molar-refractivity contribution in [1.29, 1.82) is 0 Å². The molecule has 0 heterocycles. The Morgan fingerprint density at radius 2 is 1.56 bits per heavy atom. The van der Waals surface area contributed by atoms with Crippen LogP contribution in [0.25, 0.3) is 10.8 Å². The molecule has 0 aliphatic rings. The van der Waals surface area contributed by atoms with Gasteiger partial charge >= 0.3 is 5.97 Å². The fraction of sp³-hybridized carbons (Fsp3) is 0.364. The molecule has 0 saturated heterocycles. The minimum atomic E-state index is -1.34. The van der Waals surface area contributed by atoms with E-state index in [9.17, 15) is 29.1 Å². The van der Waals surface area contributed by atoms with E-state index in [0.717, 1.165) is 17.2 Å². The van der Waals surface area contributed by atoms with Gasteiger partial charge in [-0.25, -0.2) is 0 Å². The highest BCUT2D eigenvalue weighted by Crippen LogP contribution is 2.17. The van der Waals surface area contributed by atoms with Crippen LogP contribution in [0.5, 0.6) is 5.75 Å². The summed E-state index contributed by atoms with van der Waals surface area (Å²) in [6.45, 7) is 4.95. The van der Waals surface area contributed by atoms with E-state index in [1.54, 1.807) is 56.3 Å². The van der Waals surface area contributed by atoms with Crippen LogP contribution >= 0.6 is 0 Å². The lowest BCUT2D eigenvalue weighted by Gasteiger charge is -2.30. The van der Waals surface area contributed by atoms with Gasteiger partial charge in [0, 0.05) is 12.1 Å². The zero-order chi connectivity index (χ0) is 31.4. The molecule has 3 aromatic carbocycles. The Bertz CT molecular complexity index is 1420. The molecule has 3 N–H and O–H groups in total. The number of ether oxygens (including phenoxy) is 1. The summed E-state index contributed by atoms with van der Waals surface area (Å²) in [6.07, 6.45) is 0.713. The van der Waals surface area contributed by atoms with E-state index >= 15 is 0 Å². The van der Waals surface area contributed by atoms with Gasteiger partial charge in [0.1, 0.15) is 24.4 Å². The average molecular weight is 590 g/mol. The van der Waals surface area contributed by atoms with Gasteiger partial charge in [-0.15, -0.1) is 0 Å². The number of nitrogens with one attached hydrogen (secondary N) is 2. The van der Waals surface area contributed by atoms with Crippen LogP contribution in [0.4, 0.5) is 0 Å². The molecule has 0 bridgehead atoms. The summed E-state index contributed by atoms with van der Waals surface area (Å²) in [4.78, 5) is 65.5. The van der Waals surface area contributed by atoms with Crippen molar-refractivity contribution < 1.29 is 33.8 Å². The normalized spacial score (nSPS) is 12.3. The molecule has 3 amide bonds. The van der Waals surface area contributed by atoms with Gasteiger partial charge in [-0.2, -0.15) is 0 Å². The van der Waals surface area contributed by atoms with Gasteiger partial charge in [0.05, 0.1) is 13.0 Å². The van der Waals surface area contributed by atoms with Crippen LogP contribution < -0.4 is 15.4 Å². The van der Waals surface area contributed by atoms with Gasteiger partial charge in [-0.1, -0.05) is 75.7 Å². The van der Waals surface area contributed by atoms with Gasteiger partial charge in [0.2, 0.25) is 11.8 Å². The first-order chi connectivity index (χ1) is 20.6. The molecule has 3 aromatic rings. The molecule has 3 rings (SSSR count). The van der Waals surface area contributed by atoms with Gasteiger partial charge in [-0.05, 0) is 47.4 Å². The van der Waals surface area contributed by atoms with Crippen molar-refractivity contribution in [3.63, 3.8) is 0 Å². The van der Waals surface area contributed by atoms with E-state index in [0.29, 0.717) is 17.7 Å². The van der Waals surface area contributed by atoms with Crippen molar-refractivity contribution in [1.82, 2.24) is 15.5 Å². The number of ketones is 1. The summed E-state index contributed by atoms with van der Waals surface area (Å²) in [5, 5.41) is 16.5. The van der Waals surface area contributed by atoms with E-state index < -0.39 is 61.1 Å². The number of hydrogen-bond acceptors (Lipinski definition) is 6. The number of amides is 3. The van der Waals surface area contributed by atoms with Crippen LogP contribution in [0, 0.1) is 5.92 Å². The maximum Gasteiger partial charge on any atom is 0.305 e. The number of carbonyl (C=O) groups excluding carboxylic acids is 4. The number of para-hydroxylation sites is 1. The Kier molecular flexibility index (Phi) is 12.2. The predicted molar refractivity (Wildman–Crippen MR) is 163 cm³/mol. The third kappa shape index (κ3) is 9.95. The fourth-order valence-electron chi connectivity index (χ4n) is 4.49. The summed E-state index contributed by atoms with van der Waals surface area (Å²) in [5.41, 5.74) is 0.405. The highest BCUT2D eigenvalue weighted by atomic mass is 16.5. The molecule has 0 radical (unpaired) electrons. The Hall–Kier alpha value is -4.73. The Labute approximate surface area is 251 Å². The minimum Gasteiger partial charge on any atom is -0.486 e. The second-order valence-electron chi connectivity index (χ2n) is 10.7. The van der Waals surface area contributed by atoms with Crippen LogP contribution in [0.1, 0.15) is 50.4 Å². The summed E-state index contributed by atoms with van der Waals surface area (Å²) in [5.74, 6) is -3.29. The molecule has 10 heteroatoms. The van der Waals surface area contributed by atoms with Gasteiger partial charge in [0.15, 0.2) is 5.78 Å². The standard InChI is InChI=1S/C33H39N3O7/c1-4-5-17-36(20-29(38)34-27(19-30(39)40)28(37)21-43-26-13-7-6-8-14-26)33(42)31(22(2)3)35-32(41)25-16-15-23-11-9-10-12-24(23)18-25/h6-16,18,22,27,31H,4-5,17,19-21H2,1-3H3,(H,34,38)(H,35,41)(H,39,40)/t27-,31+/m1/s1. The first-order valence-electron chi connectivity index (χ1n) is 14.4. The van der Waals surface area contributed by atoms with Crippen molar-refractivity contribution in [2.45, 2.75) is 52.1 Å². The molecule has 2 atom stereocenters. The first kappa shape index (κ1) is 32.8. The lowest BCUT2D eigenvalue weighted by Crippen LogP contribution is -2.54. The van der Waals surface area contributed by atoms with Crippen molar-refractivity contribution in [2.24, 2.45) is 5.92 Å². The van der Waals surface area contributed by atoms with Crippen molar-refractivity contribution >= 4 is 40.2 Å². The Morgan fingerprint density at radius 1 is 0.884 bits per heavy atom. The molecular weight excluding hydrogens is 550 g/mol. The average Bonchev–Trinajstić information content (AvgIpc) is 2.99. The third-order valence-corrected chi connectivity index (χ3v) is 6.89. The van der Waals surface area contributed by atoms with Crippen LogP contribution in [0.3, 0.4) is 0 Å². The fourth-order valence-corrected chi connectivity index (χ4v) is 4.49. The van der Waals surface area contributed by atoms with Crippen LogP contribution in [0.15, 0.2) is 72.8 Å². The van der Waals surface area contributed by atoms with Gasteiger partial charge in [-0.3, -0.25) is 24.0 Å². The van der Waals surface area contributed by atoms with Gasteiger partial charge in [0.25, 0.3) is 5.91 Å². The van der Waals surface area contributed by atoms with Crippen LogP contribution in [0.2, 0.25) is 0 Å². The number of carboxylic acids is 1. The number of fused-ring (bicyclic) bond motifs is 1. The number of unbranched alkanes of at least 4 members (excludes halogenated alkanes) is 1. The second-order valence-corrected chi connectivity index (χ2v) is 10.7. The maximum atomic E-state index is 13.7. The molecule has 0 fully saturated rings. The number of nitrogens with zero attached hydrogens (tertiary/aromatic N) is 1. The first-order valence-corrected chi connectivity index (χ1v) is 14.4. The van der Waals surface area contributed by atoms with Gasteiger partial charge < -0.3 is 25.4 Å². The number of carboxylic acid groups (broad SMARTS) is 1. The topological polar surface area (TPSA) is 142 Å². The van der Waals surface area contributed by atoms with E-state index in [-0.39, 0.29) is 12.5 Å². The highest BCUT2D eigenvalue weighted by Gasteiger charge is 2.31. The second kappa shape index (κ2) is 16.1. The van der Waals surface area contributed by atoms with E-state index in [4.69, 9.17) is 4.74 Å². The molecule has 0 unspecified atom stereocenters. The molecule has 0 aliphatic carbocycles. The number of rotatable bonds is 16. The molecule has 10 nitrogen and oxygen atoms in total. The van der Waals surface area contributed by atoms with E-state index in [2.05, 4.69) is 10.6 Å². The number of carbonyl (C=O) groups is 5. The summed E-state index contributed by atoms with van der Waals surface area (Å²) in [7, 11) is 0. The zero-order valence-corrected chi connectivity index (χ0v) is 24.7. The highest BCUT2D eigenvalue weighted by molar-refractivity contribution is 6.01. The predicted octanol–water partition coefficient (Wildman–Crippen LogP) is 3.83. The van der Waals surface area contributed by atoms with Crippen LogP contribution in [-0.4, -0.2) is 71.3 Å². The van der Waals surface area contributed by atoms with Crippen molar-refractivity contribution in [2.75, 3.05) is 19.7 Å². The third-order valence-electron chi connectivity index (χ3n) is 6.89. The van der Waals surface area contributed by atoms with E-state index in [1.165, 1.54) is 4.90 Å². The largest absolute Gasteiger partial charge is 0.486 e. The smallest absolute Gasteiger partial charge is 0.305 e. The maximum absolute atomic E-state index is 13.7. The molecule has 43 heavy (non-hydrogen) atoms. The SMILES string of the molecule is CCCCN(CC(=O)N[C@H](CC(=O)O)C(=O)COc1ccccc1)C(=O)[C@@H](NC(=O)c1ccc2ccccc2c1)C(C)C. The number of Topliss-reactive ketones (excluding diaryl/α,β-unsaturated/α-hetero) is 1. The van der Waals surface area contributed by atoms with E-state index in [1.807, 2.05) is 37.3 Å². The minimum absolute atomic E-state index is 0.243. The lowest BCUT2D eigenvalue weighted by atomic mass is 10.0. The monoisotopic (exact) mass is 589 g/mol.